The minimum atomic E-state index is 0.143. The van der Waals surface area contributed by atoms with Crippen LogP contribution in [-0.2, 0) is 0 Å². The van der Waals surface area contributed by atoms with Crippen LogP contribution >= 0.6 is 0 Å². The Kier molecular flexibility index (Phi) is 3.67. The quantitative estimate of drug-likeness (QED) is 0.619. The molecule has 4 aromatic rings. The number of hydrogen-bond donors (Lipinski definition) is 1. The van der Waals surface area contributed by atoms with Gasteiger partial charge in [0.2, 0.25) is 0 Å². The number of hydrogen-bond acceptors (Lipinski definition) is 4. The van der Waals surface area contributed by atoms with Crippen molar-refractivity contribution in [2.75, 3.05) is 5.32 Å². The molecule has 0 saturated carbocycles. The van der Waals surface area contributed by atoms with E-state index in [-0.39, 0.29) is 6.04 Å². The van der Waals surface area contributed by atoms with Gasteiger partial charge in [-0.3, -0.25) is 0 Å². The Bertz CT molecular complexity index is 947. The fraction of sp³-hybridized carbons (Fsp3) is 0.105. The van der Waals surface area contributed by atoms with E-state index in [4.69, 9.17) is 0 Å². The summed E-state index contributed by atoms with van der Waals surface area (Å²) in [6.07, 6.45) is 3.38. The van der Waals surface area contributed by atoms with Crippen molar-refractivity contribution in [1.82, 2.24) is 19.7 Å². The lowest BCUT2D eigenvalue weighted by atomic mass is 10.1. The average molecular weight is 315 g/mol. The minimum absolute atomic E-state index is 0.143. The minimum Gasteiger partial charge on any atom is -0.363 e. The summed E-state index contributed by atoms with van der Waals surface area (Å²) in [5.74, 6) is 0.790. The summed E-state index contributed by atoms with van der Waals surface area (Å²) in [6.45, 7) is 2.12. The number of rotatable bonds is 4. The maximum atomic E-state index is 4.48. The summed E-state index contributed by atoms with van der Waals surface area (Å²) in [6, 6.07) is 20.4. The molecule has 0 fully saturated rings. The summed E-state index contributed by atoms with van der Waals surface area (Å²) in [5, 5.41) is 8.85. The van der Waals surface area contributed by atoms with Gasteiger partial charge in [0.05, 0.1) is 17.3 Å². The second-order valence-corrected chi connectivity index (χ2v) is 5.63. The van der Waals surface area contributed by atoms with Crippen molar-refractivity contribution in [2.24, 2.45) is 0 Å². The second kappa shape index (κ2) is 6.12. The van der Waals surface area contributed by atoms with Gasteiger partial charge in [-0.05, 0) is 24.6 Å². The zero-order valence-corrected chi connectivity index (χ0v) is 13.3. The van der Waals surface area contributed by atoms with Crippen LogP contribution < -0.4 is 5.32 Å². The predicted molar refractivity (Wildman–Crippen MR) is 95.1 cm³/mol. The number of nitrogens with one attached hydrogen (secondary N) is 1. The van der Waals surface area contributed by atoms with E-state index in [0.29, 0.717) is 0 Å². The van der Waals surface area contributed by atoms with E-state index in [1.165, 1.54) is 5.56 Å². The molecule has 4 rings (SSSR count). The summed E-state index contributed by atoms with van der Waals surface area (Å²) < 4.78 is 1.83. The molecule has 5 heteroatoms. The maximum Gasteiger partial charge on any atom is 0.168 e. The van der Waals surface area contributed by atoms with Crippen LogP contribution in [0.2, 0.25) is 0 Å². The van der Waals surface area contributed by atoms with E-state index < -0.39 is 0 Å². The van der Waals surface area contributed by atoms with Crippen LogP contribution in [0.15, 0.2) is 73.2 Å². The molecule has 1 atom stereocenters. The maximum absolute atomic E-state index is 4.48. The van der Waals surface area contributed by atoms with Gasteiger partial charge < -0.3 is 5.32 Å². The Labute approximate surface area is 140 Å². The normalized spacial score (nSPS) is 12.2. The number of fused-ring (bicyclic) bond motifs is 1. The molecular weight excluding hydrogens is 298 g/mol. The first-order valence-electron chi connectivity index (χ1n) is 7.88. The summed E-state index contributed by atoms with van der Waals surface area (Å²) in [7, 11) is 0. The lowest BCUT2D eigenvalue weighted by Crippen LogP contribution is -2.08. The predicted octanol–water partition coefficient (Wildman–Crippen LogP) is 3.99. The van der Waals surface area contributed by atoms with Gasteiger partial charge in [-0.1, -0.05) is 48.5 Å². The van der Waals surface area contributed by atoms with Crippen LogP contribution in [0.1, 0.15) is 18.5 Å². The number of nitrogens with zero attached hydrogens (tertiary/aromatic N) is 4. The van der Waals surface area contributed by atoms with Gasteiger partial charge >= 0.3 is 0 Å². The molecule has 24 heavy (non-hydrogen) atoms. The second-order valence-electron chi connectivity index (χ2n) is 5.63. The fourth-order valence-electron chi connectivity index (χ4n) is 2.75. The van der Waals surface area contributed by atoms with Crippen molar-refractivity contribution in [3.05, 3.63) is 78.8 Å². The number of benzene rings is 2. The molecule has 118 valence electrons. The smallest absolute Gasteiger partial charge is 0.168 e. The van der Waals surface area contributed by atoms with Crippen molar-refractivity contribution in [3.63, 3.8) is 0 Å². The molecule has 0 radical (unpaired) electrons. The largest absolute Gasteiger partial charge is 0.363 e. The molecule has 0 unspecified atom stereocenters. The first kappa shape index (κ1) is 14.4. The highest BCUT2D eigenvalue weighted by Gasteiger charge is 2.13. The highest BCUT2D eigenvalue weighted by Crippen LogP contribution is 2.25. The topological polar surface area (TPSA) is 55.6 Å². The van der Waals surface area contributed by atoms with Crippen LogP contribution in [0.5, 0.6) is 0 Å². The van der Waals surface area contributed by atoms with E-state index in [9.17, 15) is 0 Å². The van der Waals surface area contributed by atoms with Gasteiger partial charge in [0.15, 0.2) is 5.65 Å². The summed E-state index contributed by atoms with van der Waals surface area (Å²) in [5.41, 5.74) is 2.98. The number of aromatic nitrogens is 4. The van der Waals surface area contributed by atoms with Gasteiger partial charge in [0.25, 0.3) is 0 Å². The van der Waals surface area contributed by atoms with Crippen LogP contribution in [0.25, 0.3) is 16.7 Å². The monoisotopic (exact) mass is 315 g/mol. The van der Waals surface area contributed by atoms with Crippen molar-refractivity contribution in [3.8, 4) is 5.69 Å². The molecule has 5 nitrogen and oxygen atoms in total. The first-order valence-corrected chi connectivity index (χ1v) is 7.88. The van der Waals surface area contributed by atoms with Crippen molar-refractivity contribution < 1.29 is 0 Å². The third-order valence-electron chi connectivity index (χ3n) is 4.02. The van der Waals surface area contributed by atoms with Crippen LogP contribution in [-0.4, -0.2) is 19.7 Å². The van der Waals surface area contributed by atoms with Gasteiger partial charge in [-0.15, -0.1) is 0 Å². The molecule has 2 aromatic carbocycles. The van der Waals surface area contributed by atoms with Crippen LogP contribution in [0.3, 0.4) is 0 Å². The Morgan fingerprint density at radius 1 is 0.917 bits per heavy atom. The molecule has 0 spiro atoms. The number of anilines is 1. The zero-order chi connectivity index (χ0) is 16.4. The average Bonchev–Trinajstić information content (AvgIpc) is 3.08. The standard InChI is InChI=1S/C19H17N5/c1-14(15-8-4-2-5-9-15)23-18-17-12-22-24(19(17)21-13-20-18)16-10-6-3-7-11-16/h2-14H,1H3,(H,20,21,23)/t14-/m0/s1. The molecule has 1 N–H and O–H groups in total. The molecule has 0 saturated heterocycles. The molecule has 2 aromatic heterocycles. The first-order chi connectivity index (χ1) is 11.8. The summed E-state index contributed by atoms with van der Waals surface area (Å²) in [4.78, 5) is 8.81. The van der Waals surface area contributed by atoms with Gasteiger partial charge in [-0.2, -0.15) is 5.10 Å². The van der Waals surface area contributed by atoms with Gasteiger partial charge in [-0.25, -0.2) is 14.6 Å². The molecule has 0 aliphatic carbocycles. The zero-order valence-electron chi connectivity index (χ0n) is 13.3. The number of para-hydroxylation sites is 1. The molecule has 0 aliphatic heterocycles. The SMILES string of the molecule is C[C@H](Nc1ncnc2c1cnn2-c1ccccc1)c1ccccc1. The third kappa shape index (κ3) is 2.60. The van der Waals surface area contributed by atoms with Crippen LogP contribution in [0, 0.1) is 0 Å². The van der Waals surface area contributed by atoms with Gasteiger partial charge in [0, 0.05) is 6.04 Å². The molecule has 0 bridgehead atoms. The van der Waals surface area contributed by atoms with Gasteiger partial charge in [0.1, 0.15) is 12.1 Å². The van der Waals surface area contributed by atoms with Crippen LogP contribution in [0.4, 0.5) is 5.82 Å². The Hall–Kier alpha value is -3.21. The van der Waals surface area contributed by atoms with Crippen molar-refractivity contribution in [1.29, 1.82) is 0 Å². The van der Waals surface area contributed by atoms with E-state index >= 15 is 0 Å². The van der Waals surface area contributed by atoms with Crippen molar-refractivity contribution in [2.45, 2.75) is 13.0 Å². The summed E-state index contributed by atoms with van der Waals surface area (Å²) >= 11 is 0. The van der Waals surface area contributed by atoms with Crippen molar-refractivity contribution >= 4 is 16.9 Å². The Balaban J connectivity index is 1.71. The lowest BCUT2D eigenvalue weighted by molar-refractivity contribution is 0.874. The third-order valence-corrected chi connectivity index (χ3v) is 4.02. The van der Waals surface area contributed by atoms with E-state index in [1.54, 1.807) is 6.33 Å². The Morgan fingerprint density at radius 2 is 1.62 bits per heavy atom. The molecular formula is C19H17N5. The highest BCUT2D eigenvalue weighted by molar-refractivity contribution is 5.87. The lowest BCUT2D eigenvalue weighted by Gasteiger charge is -2.15. The van der Waals surface area contributed by atoms with E-state index in [0.717, 1.165) is 22.5 Å². The Morgan fingerprint density at radius 3 is 2.38 bits per heavy atom. The fourth-order valence-corrected chi connectivity index (χ4v) is 2.75. The van der Waals surface area contributed by atoms with E-state index in [1.807, 2.05) is 59.4 Å². The molecule has 0 amide bonds. The molecule has 0 aliphatic rings. The molecule has 2 heterocycles. The highest BCUT2D eigenvalue weighted by atomic mass is 15.3. The van der Waals surface area contributed by atoms with E-state index in [2.05, 4.69) is 39.4 Å².